The molecule has 0 aromatic heterocycles. The molecule has 0 aliphatic carbocycles. The van der Waals surface area contributed by atoms with Gasteiger partial charge >= 0.3 is 11.9 Å². The van der Waals surface area contributed by atoms with E-state index in [1.165, 1.54) is 7.11 Å². The molecule has 0 radical (unpaired) electrons. The summed E-state index contributed by atoms with van der Waals surface area (Å²) in [6.07, 6.45) is 0.971. The van der Waals surface area contributed by atoms with E-state index in [2.05, 4.69) is 10.1 Å². The molecule has 0 saturated carbocycles. The summed E-state index contributed by atoms with van der Waals surface area (Å²) in [7, 11) is 1.32. The molecule has 0 aromatic rings. The predicted octanol–water partition coefficient (Wildman–Crippen LogP) is -0.388. The van der Waals surface area contributed by atoms with Gasteiger partial charge in [-0.2, -0.15) is 0 Å². The van der Waals surface area contributed by atoms with Crippen LogP contribution in [-0.2, 0) is 14.3 Å². The molecule has 1 fully saturated rings. The van der Waals surface area contributed by atoms with Crippen molar-refractivity contribution in [2.45, 2.75) is 18.9 Å². The number of carbonyl (C=O) groups is 2. The van der Waals surface area contributed by atoms with Crippen LogP contribution < -0.4 is 5.32 Å². The van der Waals surface area contributed by atoms with Gasteiger partial charge in [-0.05, 0) is 19.4 Å². The number of esters is 1. The van der Waals surface area contributed by atoms with Gasteiger partial charge in [0, 0.05) is 0 Å². The van der Waals surface area contributed by atoms with Crippen molar-refractivity contribution in [3.63, 3.8) is 0 Å². The van der Waals surface area contributed by atoms with Crippen molar-refractivity contribution in [3.05, 3.63) is 0 Å². The number of nitrogens with one attached hydrogen (secondary N) is 1. The molecule has 0 spiro atoms. The Bertz CT molecular complexity index is 216. The van der Waals surface area contributed by atoms with Crippen molar-refractivity contribution in [2.75, 3.05) is 13.7 Å². The summed E-state index contributed by atoms with van der Waals surface area (Å²) >= 11 is 0. The Morgan fingerprint density at radius 3 is 2.77 bits per heavy atom. The van der Waals surface area contributed by atoms with Crippen molar-refractivity contribution in [1.29, 1.82) is 0 Å². The van der Waals surface area contributed by atoms with Crippen LogP contribution in [-0.4, -0.2) is 36.7 Å². The monoisotopic (exact) mass is 187 g/mol. The maximum absolute atomic E-state index is 11.1. The number of rotatable bonds is 2. The molecule has 0 amide bonds. The fourth-order valence-corrected chi connectivity index (χ4v) is 1.49. The van der Waals surface area contributed by atoms with Crippen LogP contribution in [0, 0.1) is 5.92 Å². The van der Waals surface area contributed by atoms with Crippen LogP contribution in [0.15, 0.2) is 0 Å². The highest BCUT2D eigenvalue weighted by atomic mass is 16.5. The van der Waals surface area contributed by atoms with Crippen LogP contribution in [0.2, 0.25) is 0 Å². The molecule has 2 atom stereocenters. The van der Waals surface area contributed by atoms with Crippen LogP contribution in [0.3, 0.4) is 0 Å². The van der Waals surface area contributed by atoms with Gasteiger partial charge in [0.2, 0.25) is 0 Å². The zero-order chi connectivity index (χ0) is 9.84. The van der Waals surface area contributed by atoms with Gasteiger partial charge in [0.1, 0.15) is 6.04 Å². The van der Waals surface area contributed by atoms with E-state index in [-0.39, 0.29) is 11.9 Å². The first-order valence-corrected chi connectivity index (χ1v) is 4.19. The van der Waals surface area contributed by atoms with Gasteiger partial charge < -0.3 is 15.2 Å². The lowest BCUT2D eigenvalue weighted by atomic mass is 9.93. The molecular weight excluding hydrogens is 174 g/mol. The predicted molar refractivity (Wildman–Crippen MR) is 44.2 cm³/mol. The number of methoxy groups -OCH3 is 1. The van der Waals surface area contributed by atoms with Crippen LogP contribution in [0.4, 0.5) is 0 Å². The van der Waals surface area contributed by atoms with Crippen LogP contribution in [0.25, 0.3) is 0 Å². The molecule has 0 bridgehead atoms. The van der Waals surface area contributed by atoms with Gasteiger partial charge in [-0.3, -0.25) is 9.59 Å². The first kappa shape index (κ1) is 9.98. The second-order valence-electron chi connectivity index (χ2n) is 3.09. The summed E-state index contributed by atoms with van der Waals surface area (Å²) in [4.78, 5) is 21.7. The largest absolute Gasteiger partial charge is 0.480 e. The number of piperidine rings is 1. The molecular formula is C8H13NO4. The SMILES string of the molecule is COC(=O)[C@@H]1CCN[C@@H](C(=O)O)C1. The molecule has 1 aliphatic rings. The summed E-state index contributed by atoms with van der Waals surface area (Å²) in [6.45, 7) is 0.552. The van der Waals surface area contributed by atoms with Crippen molar-refractivity contribution < 1.29 is 19.4 Å². The van der Waals surface area contributed by atoms with Gasteiger partial charge in [-0.15, -0.1) is 0 Å². The second-order valence-corrected chi connectivity index (χ2v) is 3.09. The van der Waals surface area contributed by atoms with Crippen molar-refractivity contribution >= 4 is 11.9 Å². The number of carbonyl (C=O) groups excluding carboxylic acids is 1. The third-order valence-electron chi connectivity index (χ3n) is 2.24. The van der Waals surface area contributed by atoms with Crippen LogP contribution >= 0.6 is 0 Å². The van der Waals surface area contributed by atoms with E-state index in [4.69, 9.17) is 5.11 Å². The Kier molecular flexibility index (Phi) is 3.25. The van der Waals surface area contributed by atoms with Crippen molar-refractivity contribution in [2.24, 2.45) is 5.92 Å². The molecule has 1 aliphatic heterocycles. The second kappa shape index (κ2) is 4.23. The first-order chi connectivity index (χ1) is 6.15. The highest BCUT2D eigenvalue weighted by Crippen LogP contribution is 2.17. The molecule has 1 heterocycles. The van der Waals surface area contributed by atoms with E-state index in [9.17, 15) is 9.59 Å². The van der Waals surface area contributed by atoms with E-state index < -0.39 is 12.0 Å². The van der Waals surface area contributed by atoms with E-state index in [1.807, 2.05) is 0 Å². The maximum atomic E-state index is 11.1. The summed E-state index contributed by atoms with van der Waals surface area (Å²) < 4.78 is 4.56. The molecule has 13 heavy (non-hydrogen) atoms. The average Bonchev–Trinajstić information content (AvgIpc) is 2.17. The van der Waals surface area contributed by atoms with Gasteiger partial charge in [-0.25, -0.2) is 0 Å². The molecule has 74 valence electrons. The van der Waals surface area contributed by atoms with Gasteiger partial charge in [-0.1, -0.05) is 0 Å². The van der Waals surface area contributed by atoms with Crippen LogP contribution in [0.5, 0.6) is 0 Å². The van der Waals surface area contributed by atoms with E-state index in [0.717, 1.165) is 0 Å². The summed E-state index contributed by atoms with van der Waals surface area (Å²) in [6, 6.07) is -0.613. The Morgan fingerprint density at radius 2 is 2.23 bits per heavy atom. The highest BCUT2D eigenvalue weighted by molar-refractivity contribution is 5.77. The Morgan fingerprint density at radius 1 is 1.54 bits per heavy atom. The lowest BCUT2D eigenvalue weighted by molar-refractivity contribution is -0.148. The zero-order valence-corrected chi connectivity index (χ0v) is 7.45. The van der Waals surface area contributed by atoms with Crippen LogP contribution in [0.1, 0.15) is 12.8 Å². The lowest BCUT2D eigenvalue weighted by Gasteiger charge is -2.25. The number of ether oxygens (including phenoxy) is 1. The third kappa shape index (κ3) is 2.42. The standard InChI is InChI=1S/C8H13NO4/c1-13-8(12)5-2-3-9-6(4-5)7(10)11/h5-6,9H,2-4H2,1H3,(H,10,11)/t5-,6-/m1/s1. The highest BCUT2D eigenvalue weighted by Gasteiger charge is 2.30. The first-order valence-electron chi connectivity index (χ1n) is 4.19. The topological polar surface area (TPSA) is 75.6 Å². The molecule has 1 rings (SSSR count). The number of carboxylic acid groups (broad SMARTS) is 1. The number of hydrogen-bond donors (Lipinski definition) is 2. The van der Waals surface area contributed by atoms with Gasteiger partial charge in [0.15, 0.2) is 0 Å². The van der Waals surface area contributed by atoms with E-state index in [0.29, 0.717) is 19.4 Å². The Hall–Kier alpha value is -1.10. The number of aliphatic carboxylic acids is 1. The van der Waals surface area contributed by atoms with E-state index in [1.54, 1.807) is 0 Å². The van der Waals surface area contributed by atoms with Gasteiger partial charge in [0.05, 0.1) is 13.0 Å². The molecule has 0 aromatic carbocycles. The minimum atomic E-state index is -0.909. The smallest absolute Gasteiger partial charge is 0.320 e. The minimum Gasteiger partial charge on any atom is -0.480 e. The fraction of sp³-hybridized carbons (Fsp3) is 0.750. The van der Waals surface area contributed by atoms with Crippen molar-refractivity contribution in [1.82, 2.24) is 5.32 Å². The quantitative estimate of drug-likeness (QED) is 0.576. The summed E-state index contributed by atoms with van der Waals surface area (Å²) in [5, 5.41) is 11.5. The van der Waals surface area contributed by atoms with E-state index >= 15 is 0 Å². The van der Waals surface area contributed by atoms with Crippen molar-refractivity contribution in [3.8, 4) is 0 Å². The molecule has 1 saturated heterocycles. The average molecular weight is 187 g/mol. The fourth-order valence-electron chi connectivity index (χ4n) is 1.49. The third-order valence-corrected chi connectivity index (χ3v) is 2.24. The van der Waals surface area contributed by atoms with Gasteiger partial charge in [0.25, 0.3) is 0 Å². The number of carboxylic acids is 1. The normalized spacial score (nSPS) is 28.1. The zero-order valence-electron chi connectivity index (χ0n) is 7.45. The molecule has 2 N–H and O–H groups in total. The molecule has 0 unspecified atom stereocenters. The summed E-state index contributed by atoms with van der Waals surface area (Å²) in [5.41, 5.74) is 0. The molecule has 5 heteroatoms. The Labute approximate surface area is 76.1 Å². The lowest BCUT2D eigenvalue weighted by Crippen LogP contribution is -2.45. The minimum absolute atomic E-state index is 0.271. The maximum Gasteiger partial charge on any atom is 0.320 e. The summed E-state index contributed by atoms with van der Waals surface area (Å²) in [5.74, 6) is -1.49. The Balaban J connectivity index is 2.51. The number of hydrogen-bond acceptors (Lipinski definition) is 4. The molecule has 5 nitrogen and oxygen atoms in total.